The predicted molar refractivity (Wildman–Crippen MR) is 61.7 cm³/mol. The van der Waals surface area contributed by atoms with Gasteiger partial charge in [0.25, 0.3) is 0 Å². The van der Waals surface area contributed by atoms with Crippen LogP contribution in [0.3, 0.4) is 0 Å². The molecule has 5 heteroatoms. The van der Waals surface area contributed by atoms with Crippen LogP contribution in [0, 0.1) is 0 Å². The van der Waals surface area contributed by atoms with Crippen LogP contribution in [0.25, 0.3) is 0 Å². The monoisotopic (exact) mass is 237 g/mol. The summed E-state index contributed by atoms with van der Waals surface area (Å²) in [5.41, 5.74) is -0.330. The number of hydrogen-bond donors (Lipinski definition) is 1. The summed E-state index contributed by atoms with van der Waals surface area (Å²) in [7, 11) is 0. The molecule has 0 aromatic carbocycles. The highest BCUT2D eigenvalue weighted by Gasteiger charge is 2.37. The molecule has 2 atom stereocenters. The number of nitrogens with zero attached hydrogens (tertiary/aromatic N) is 2. The minimum absolute atomic E-state index is 0.330. The molecule has 1 aromatic heterocycles. The van der Waals surface area contributed by atoms with Crippen molar-refractivity contribution in [3.05, 3.63) is 11.7 Å². The van der Waals surface area contributed by atoms with E-state index in [1.165, 1.54) is 6.42 Å². The highest BCUT2D eigenvalue weighted by Crippen LogP contribution is 2.34. The Kier molecular flexibility index (Phi) is 2.88. The van der Waals surface area contributed by atoms with Gasteiger partial charge in [-0.2, -0.15) is 4.98 Å². The molecule has 2 fully saturated rings. The molecule has 1 aromatic rings. The van der Waals surface area contributed by atoms with Crippen LogP contribution in [0.2, 0.25) is 0 Å². The lowest BCUT2D eigenvalue weighted by atomic mass is 9.99. The second-order valence-corrected chi connectivity index (χ2v) is 5.18. The lowest BCUT2D eigenvalue weighted by Gasteiger charge is -2.19. The van der Waals surface area contributed by atoms with Gasteiger partial charge in [-0.1, -0.05) is 5.16 Å². The zero-order chi connectivity index (χ0) is 11.7. The lowest BCUT2D eigenvalue weighted by molar-refractivity contribution is 0.00768. The highest BCUT2D eigenvalue weighted by molar-refractivity contribution is 5.04. The Morgan fingerprint density at radius 1 is 1.41 bits per heavy atom. The molecule has 2 aliphatic heterocycles. The molecule has 3 rings (SSSR count). The van der Waals surface area contributed by atoms with Crippen molar-refractivity contribution < 1.29 is 9.26 Å². The smallest absolute Gasteiger partial charge is 0.231 e. The molecule has 0 amide bonds. The largest absolute Gasteiger partial charge is 0.367 e. The molecule has 94 valence electrons. The van der Waals surface area contributed by atoms with Crippen LogP contribution in [-0.2, 0) is 10.3 Å². The van der Waals surface area contributed by atoms with E-state index in [1.54, 1.807) is 0 Å². The van der Waals surface area contributed by atoms with Crippen molar-refractivity contribution in [1.29, 1.82) is 0 Å². The third kappa shape index (κ3) is 2.09. The summed E-state index contributed by atoms with van der Waals surface area (Å²) in [5, 5.41) is 7.47. The first-order valence-electron chi connectivity index (χ1n) is 6.47. The van der Waals surface area contributed by atoms with E-state index in [2.05, 4.69) is 15.5 Å². The summed E-state index contributed by atoms with van der Waals surface area (Å²) < 4.78 is 11.1. The first-order valence-corrected chi connectivity index (χ1v) is 6.47. The average Bonchev–Trinajstić information content (AvgIpc) is 2.99. The SMILES string of the molecule is CC1(c2noc([C@@H]3CCCNC3)n2)CCCO1. The molecule has 0 aliphatic carbocycles. The quantitative estimate of drug-likeness (QED) is 0.846. The Balaban J connectivity index is 1.77. The Bertz CT molecular complexity index is 379. The molecule has 3 heterocycles. The number of hydrogen-bond acceptors (Lipinski definition) is 5. The first-order chi connectivity index (χ1) is 8.28. The molecule has 1 N–H and O–H groups in total. The van der Waals surface area contributed by atoms with Gasteiger partial charge >= 0.3 is 0 Å². The zero-order valence-electron chi connectivity index (χ0n) is 10.2. The Morgan fingerprint density at radius 2 is 2.35 bits per heavy atom. The summed E-state index contributed by atoms with van der Waals surface area (Å²) in [6, 6.07) is 0. The Hall–Kier alpha value is -0.940. The zero-order valence-corrected chi connectivity index (χ0v) is 10.2. The molecule has 0 saturated carbocycles. The van der Waals surface area contributed by atoms with E-state index in [4.69, 9.17) is 9.26 Å². The van der Waals surface area contributed by atoms with Crippen molar-refractivity contribution in [3.8, 4) is 0 Å². The van der Waals surface area contributed by atoms with Gasteiger partial charge in [0.05, 0.1) is 5.92 Å². The van der Waals surface area contributed by atoms with Gasteiger partial charge in [0.1, 0.15) is 5.60 Å². The molecular weight excluding hydrogens is 218 g/mol. The van der Waals surface area contributed by atoms with Gasteiger partial charge < -0.3 is 14.6 Å². The third-order valence-electron chi connectivity index (χ3n) is 3.78. The van der Waals surface area contributed by atoms with Crippen molar-refractivity contribution in [3.63, 3.8) is 0 Å². The van der Waals surface area contributed by atoms with Gasteiger partial charge in [-0.05, 0) is 39.2 Å². The fraction of sp³-hybridized carbons (Fsp3) is 0.833. The lowest BCUT2D eigenvalue weighted by Crippen LogP contribution is -2.28. The number of ether oxygens (including phenoxy) is 1. The van der Waals surface area contributed by atoms with E-state index in [1.807, 2.05) is 6.92 Å². The van der Waals surface area contributed by atoms with Gasteiger partial charge in [0.15, 0.2) is 0 Å². The average molecular weight is 237 g/mol. The predicted octanol–water partition coefficient (Wildman–Crippen LogP) is 1.56. The molecule has 0 spiro atoms. The number of nitrogens with one attached hydrogen (secondary N) is 1. The maximum atomic E-state index is 5.73. The Labute approximate surface area is 101 Å². The van der Waals surface area contributed by atoms with E-state index in [9.17, 15) is 0 Å². The maximum Gasteiger partial charge on any atom is 0.231 e. The first kappa shape index (κ1) is 11.2. The normalized spacial score (nSPS) is 34.1. The molecule has 1 unspecified atom stereocenters. The molecule has 0 bridgehead atoms. The van der Waals surface area contributed by atoms with E-state index in [0.717, 1.165) is 50.7 Å². The van der Waals surface area contributed by atoms with Crippen molar-refractivity contribution >= 4 is 0 Å². The summed E-state index contributed by atoms with van der Waals surface area (Å²) in [6.07, 6.45) is 4.36. The van der Waals surface area contributed by atoms with Crippen LogP contribution in [0.4, 0.5) is 0 Å². The van der Waals surface area contributed by atoms with Crippen molar-refractivity contribution in [1.82, 2.24) is 15.5 Å². The second kappa shape index (κ2) is 4.38. The van der Waals surface area contributed by atoms with Crippen LogP contribution >= 0.6 is 0 Å². The van der Waals surface area contributed by atoms with E-state index < -0.39 is 0 Å². The Morgan fingerprint density at radius 3 is 3.06 bits per heavy atom. The molecule has 2 aliphatic rings. The highest BCUT2D eigenvalue weighted by atomic mass is 16.5. The summed E-state index contributed by atoms with van der Waals surface area (Å²) in [4.78, 5) is 4.54. The van der Waals surface area contributed by atoms with Crippen LogP contribution in [0.1, 0.15) is 50.2 Å². The fourth-order valence-corrected chi connectivity index (χ4v) is 2.63. The third-order valence-corrected chi connectivity index (χ3v) is 3.78. The van der Waals surface area contributed by atoms with Gasteiger partial charge in [-0.25, -0.2) is 0 Å². The van der Waals surface area contributed by atoms with Crippen molar-refractivity contribution in [2.24, 2.45) is 0 Å². The van der Waals surface area contributed by atoms with E-state index in [0.29, 0.717) is 5.92 Å². The molecular formula is C12H19N3O2. The van der Waals surface area contributed by atoms with E-state index >= 15 is 0 Å². The van der Waals surface area contributed by atoms with Gasteiger partial charge in [0, 0.05) is 13.2 Å². The number of rotatable bonds is 2. The van der Waals surface area contributed by atoms with Gasteiger partial charge in [0.2, 0.25) is 11.7 Å². The van der Waals surface area contributed by atoms with Gasteiger partial charge in [-0.3, -0.25) is 0 Å². The fourth-order valence-electron chi connectivity index (χ4n) is 2.63. The topological polar surface area (TPSA) is 60.2 Å². The minimum atomic E-state index is -0.330. The number of aromatic nitrogens is 2. The van der Waals surface area contributed by atoms with Crippen LogP contribution in [0.15, 0.2) is 4.52 Å². The molecule has 17 heavy (non-hydrogen) atoms. The number of piperidine rings is 1. The second-order valence-electron chi connectivity index (χ2n) is 5.18. The summed E-state index contributed by atoms with van der Waals surface area (Å²) >= 11 is 0. The van der Waals surface area contributed by atoms with Gasteiger partial charge in [-0.15, -0.1) is 0 Å². The standard InChI is InChI=1S/C12H19N3O2/c1-12(5-3-7-16-12)11-14-10(17-15-11)9-4-2-6-13-8-9/h9,13H,2-8H2,1H3/t9-,12?/m1/s1. The molecule has 2 saturated heterocycles. The van der Waals surface area contributed by atoms with Crippen LogP contribution in [0.5, 0.6) is 0 Å². The van der Waals surface area contributed by atoms with Crippen LogP contribution < -0.4 is 5.32 Å². The van der Waals surface area contributed by atoms with Crippen molar-refractivity contribution in [2.45, 2.75) is 44.1 Å². The minimum Gasteiger partial charge on any atom is -0.367 e. The van der Waals surface area contributed by atoms with Crippen molar-refractivity contribution in [2.75, 3.05) is 19.7 Å². The molecule has 0 radical (unpaired) electrons. The summed E-state index contributed by atoms with van der Waals surface area (Å²) in [6.45, 7) is 4.89. The maximum absolute atomic E-state index is 5.73. The molecule has 5 nitrogen and oxygen atoms in total. The summed E-state index contributed by atoms with van der Waals surface area (Å²) in [5.74, 6) is 1.86. The van der Waals surface area contributed by atoms with E-state index in [-0.39, 0.29) is 5.60 Å². The van der Waals surface area contributed by atoms with Crippen LogP contribution in [-0.4, -0.2) is 29.8 Å².